The third-order valence-electron chi connectivity index (χ3n) is 2.08. The van der Waals surface area contributed by atoms with Crippen LogP contribution in [0.4, 0.5) is 0 Å². The topological polar surface area (TPSA) is 88.5 Å². The number of carbonyl (C=O) groups excluding carboxylic acids is 1. The van der Waals surface area contributed by atoms with Crippen molar-refractivity contribution in [2.45, 2.75) is 26.3 Å². The van der Waals surface area contributed by atoms with E-state index in [1.165, 1.54) is 16.7 Å². The number of rotatable bonds is 8. The van der Waals surface area contributed by atoms with Gasteiger partial charge in [-0.05, 0) is 6.42 Å². The zero-order valence-electron chi connectivity index (χ0n) is 10.1. The summed E-state index contributed by atoms with van der Waals surface area (Å²) in [7, 11) is 0. The lowest BCUT2D eigenvalue weighted by molar-refractivity contribution is -0.125. The number of amides is 1. The van der Waals surface area contributed by atoms with Gasteiger partial charge in [-0.1, -0.05) is 13.3 Å². The summed E-state index contributed by atoms with van der Waals surface area (Å²) in [6.45, 7) is 2.88. The number of nitrogens with one attached hydrogen (secondary N) is 1. The quantitative estimate of drug-likeness (QED) is 0.696. The van der Waals surface area contributed by atoms with Crippen molar-refractivity contribution in [3.05, 3.63) is 16.1 Å². The van der Waals surface area contributed by atoms with Gasteiger partial charge in [-0.2, -0.15) is 0 Å². The van der Waals surface area contributed by atoms with E-state index in [0.29, 0.717) is 11.6 Å². The molecule has 1 aromatic heterocycles. The van der Waals surface area contributed by atoms with Crippen LogP contribution in [-0.2, 0) is 16.1 Å². The van der Waals surface area contributed by atoms with Gasteiger partial charge in [0.15, 0.2) is 5.69 Å². The molecule has 18 heavy (non-hydrogen) atoms. The summed E-state index contributed by atoms with van der Waals surface area (Å²) in [5.41, 5.74) is 0.00319. The molecule has 0 saturated carbocycles. The first-order valence-electron chi connectivity index (χ1n) is 5.65. The first kappa shape index (κ1) is 14.6. The van der Waals surface area contributed by atoms with Crippen LogP contribution in [0.25, 0.3) is 0 Å². The maximum Gasteiger partial charge on any atom is 0.355 e. The van der Waals surface area contributed by atoms with Crippen LogP contribution < -0.4 is 5.32 Å². The highest BCUT2D eigenvalue weighted by molar-refractivity contribution is 7.09. The molecule has 0 aliphatic heterocycles. The average Bonchev–Trinajstić information content (AvgIpc) is 2.81. The van der Waals surface area contributed by atoms with Crippen molar-refractivity contribution in [2.75, 3.05) is 13.2 Å². The highest BCUT2D eigenvalue weighted by Gasteiger charge is 2.09. The van der Waals surface area contributed by atoms with Crippen molar-refractivity contribution in [1.29, 1.82) is 0 Å². The fraction of sp³-hybridized carbons (Fsp3) is 0.545. The third-order valence-corrected chi connectivity index (χ3v) is 2.93. The van der Waals surface area contributed by atoms with E-state index in [1.807, 2.05) is 6.92 Å². The highest BCUT2D eigenvalue weighted by atomic mass is 32.1. The number of carbonyl (C=O) groups is 2. The summed E-state index contributed by atoms with van der Waals surface area (Å²) < 4.78 is 5.14. The van der Waals surface area contributed by atoms with Gasteiger partial charge < -0.3 is 15.2 Å². The van der Waals surface area contributed by atoms with Gasteiger partial charge in [0.1, 0.15) is 11.6 Å². The fourth-order valence-corrected chi connectivity index (χ4v) is 1.83. The first-order chi connectivity index (χ1) is 8.63. The Hall–Kier alpha value is -1.47. The summed E-state index contributed by atoms with van der Waals surface area (Å²) in [6.07, 6.45) is 1.96. The summed E-state index contributed by atoms with van der Waals surface area (Å²) >= 11 is 1.20. The van der Waals surface area contributed by atoms with E-state index in [0.717, 1.165) is 12.8 Å². The Bertz CT molecular complexity index is 406. The molecule has 0 aliphatic rings. The normalized spacial score (nSPS) is 10.3. The van der Waals surface area contributed by atoms with Crippen molar-refractivity contribution in [3.63, 3.8) is 0 Å². The fourth-order valence-electron chi connectivity index (χ4n) is 1.13. The lowest BCUT2D eigenvalue weighted by atomic mass is 10.4. The molecule has 0 saturated heterocycles. The molecule has 0 aliphatic carbocycles. The molecule has 0 fully saturated rings. The van der Waals surface area contributed by atoms with Crippen LogP contribution in [0.1, 0.15) is 35.3 Å². The van der Waals surface area contributed by atoms with Crippen molar-refractivity contribution in [3.8, 4) is 0 Å². The summed E-state index contributed by atoms with van der Waals surface area (Å²) in [4.78, 5) is 25.8. The molecule has 6 nitrogen and oxygen atoms in total. The Kier molecular flexibility index (Phi) is 6.31. The van der Waals surface area contributed by atoms with Crippen LogP contribution >= 0.6 is 11.3 Å². The molecule has 0 aromatic carbocycles. The van der Waals surface area contributed by atoms with E-state index in [2.05, 4.69) is 10.3 Å². The number of thiazole rings is 1. The van der Waals surface area contributed by atoms with Gasteiger partial charge in [-0.3, -0.25) is 4.79 Å². The van der Waals surface area contributed by atoms with Gasteiger partial charge in [-0.15, -0.1) is 11.3 Å². The molecular weight excluding hydrogens is 256 g/mol. The molecule has 100 valence electrons. The maximum atomic E-state index is 11.3. The first-order valence-corrected chi connectivity index (χ1v) is 6.53. The second-order valence-corrected chi connectivity index (χ2v) is 4.56. The maximum absolute atomic E-state index is 11.3. The van der Waals surface area contributed by atoms with Crippen LogP contribution in [-0.4, -0.2) is 35.2 Å². The number of unbranched alkanes of at least 4 members (excludes halogenated alkanes) is 1. The Balaban J connectivity index is 2.23. The highest BCUT2D eigenvalue weighted by Crippen LogP contribution is 2.09. The number of carboxylic acid groups (broad SMARTS) is 1. The Morgan fingerprint density at radius 2 is 2.33 bits per heavy atom. The molecule has 1 heterocycles. The number of nitrogens with zero attached hydrogens (tertiary/aromatic N) is 1. The predicted octanol–water partition coefficient (Wildman–Crippen LogP) is 1.27. The molecule has 0 bridgehead atoms. The number of carboxylic acids is 1. The number of aromatic nitrogens is 1. The zero-order valence-corrected chi connectivity index (χ0v) is 11.0. The molecule has 1 amide bonds. The largest absolute Gasteiger partial charge is 0.476 e. The summed E-state index contributed by atoms with van der Waals surface area (Å²) in [5.74, 6) is -1.29. The van der Waals surface area contributed by atoms with E-state index in [1.54, 1.807) is 0 Å². The molecule has 1 rings (SSSR count). The molecular formula is C11H16N2O4S. The second-order valence-electron chi connectivity index (χ2n) is 3.61. The van der Waals surface area contributed by atoms with E-state index in [4.69, 9.17) is 9.84 Å². The van der Waals surface area contributed by atoms with E-state index in [-0.39, 0.29) is 24.8 Å². The van der Waals surface area contributed by atoms with Crippen LogP contribution in [0, 0.1) is 0 Å². The third kappa shape index (κ3) is 5.24. The van der Waals surface area contributed by atoms with E-state index < -0.39 is 5.97 Å². The molecule has 1 aromatic rings. The molecule has 0 unspecified atom stereocenters. The SMILES string of the molecule is CCCCOCC(=O)NCc1nc(C(=O)O)cs1. The van der Waals surface area contributed by atoms with E-state index in [9.17, 15) is 9.59 Å². The Morgan fingerprint density at radius 3 is 2.94 bits per heavy atom. The van der Waals surface area contributed by atoms with Crippen LogP contribution in [0.5, 0.6) is 0 Å². The lowest BCUT2D eigenvalue weighted by Crippen LogP contribution is -2.27. The van der Waals surface area contributed by atoms with Gasteiger partial charge in [-0.25, -0.2) is 9.78 Å². The average molecular weight is 272 g/mol. The van der Waals surface area contributed by atoms with Gasteiger partial charge in [0, 0.05) is 12.0 Å². The van der Waals surface area contributed by atoms with Gasteiger partial charge in [0.2, 0.25) is 5.91 Å². The van der Waals surface area contributed by atoms with Crippen molar-refractivity contribution in [2.24, 2.45) is 0 Å². The zero-order chi connectivity index (χ0) is 13.4. The minimum absolute atomic E-state index is 0.00319. The van der Waals surface area contributed by atoms with Crippen LogP contribution in [0.3, 0.4) is 0 Å². The summed E-state index contributed by atoms with van der Waals surface area (Å²) in [5, 5.41) is 13.3. The predicted molar refractivity (Wildman–Crippen MR) is 66.6 cm³/mol. The molecule has 7 heteroatoms. The van der Waals surface area contributed by atoms with Gasteiger partial charge in [0.05, 0.1) is 6.54 Å². The minimum Gasteiger partial charge on any atom is -0.476 e. The molecule has 0 radical (unpaired) electrons. The van der Waals surface area contributed by atoms with Gasteiger partial charge in [0.25, 0.3) is 0 Å². The van der Waals surface area contributed by atoms with E-state index >= 15 is 0 Å². The molecule has 2 N–H and O–H groups in total. The second kappa shape index (κ2) is 7.78. The van der Waals surface area contributed by atoms with Crippen LogP contribution in [0.2, 0.25) is 0 Å². The molecule has 0 atom stereocenters. The number of aromatic carboxylic acids is 1. The van der Waals surface area contributed by atoms with Crippen molar-refractivity contribution >= 4 is 23.2 Å². The van der Waals surface area contributed by atoms with Crippen molar-refractivity contribution in [1.82, 2.24) is 10.3 Å². The van der Waals surface area contributed by atoms with Crippen LogP contribution in [0.15, 0.2) is 5.38 Å². The minimum atomic E-state index is -1.06. The van der Waals surface area contributed by atoms with Crippen molar-refractivity contribution < 1.29 is 19.4 Å². The Morgan fingerprint density at radius 1 is 1.56 bits per heavy atom. The standard InChI is InChI=1S/C11H16N2O4S/c1-2-3-4-17-6-9(14)12-5-10-13-8(7-18-10)11(15)16/h7H,2-6H2,1H3,(H,12,14)(H,15,16). The van der Waals surface area contributed by atoms with Gasteiger partial charge >= 0.3 is 5.97 Å². The smallest absolute Gasteiger partial charge is 0.355 e. The Labute approximate surface area is 109 Å². The number of hydrogen-bond acceptors (Lipinski definition) is 5. The molecule has 0 spiro atoms. The monoisotopic (exact) mass is 272 g/mol. The summed E-state index contributed by atoms with van der Waals surface area (Å²) in [6, 6.07) is 0. The number of ether oxygens (including phenoxy) is 1. The lowest BCUT2D eigenvalue weighted by Gasteiger charge is -2.04. The number of hydrogen-bond donors (Lipinski definition) is 2.